The first-order valence-corrected chi connectivity index (χ1v) is 8.08. The molecule has 0 saturated carbocycles. The average Bonchev–Trinajstić information content (AvgIpc) is 2.53. The van der Waals surface area contributed by atoms with Crippen LogP contribution in [0.2, 0.25) is 0 Å². The van der Waals surface area contributed by atoms with Gasteiger partial charge < -0.3 is 15.2 Å². The van der Waals surface area contributed by atoms with Crippen LogP contribution in [-0.2, 0) is 0 Å². The Balaban J connectivity index is 2.20. The number of nitrogens with one attached hydrogen (secondary N) is 1. The largest absolute Gasteiger partial charge is 0.504 e. The minimum absolute atomic E-state index is 0.286. The molecule has 0 aromatic heterocycles. The highest BCUT2D eigenvalue weighted by atomic mass is 16.5. The monoisotopic (exact) mass is 292 g/mol. The van der Waals surface area contributed by atoms with Crippen LogP contribution >= 0.6 is 0 Å². The van der Waals surface area contributed by atoms with Crippen molar-refractivity contribution in [3.8, 4) is 11.5 Å². The third kappa shape index (κ3) is 4.11. The number of piperazine rings is 1. The first kappa shape index (κ1) is 16.1. The highest BCUT2D eigenvalue weighted by Gasteiger charge is 2.25. The van der Waals surface area contributed by atoms with Crippen molar-refractivity contribution in [2.45, 2.75) is 38.6 Å². The minimum atomic E-state index is 0.286. The number of ether oxygens (including phenoxy) is 1. The van der Waals surface area contributed by atoms with Crippen LogP contribution < -0.4 is 10.1 Å². The van der Waals surface area contributed by atoms with Crippen molar-refractivity contribution in [1.82, 2.24) is 10.2 Å². The summed E-state index contributed by atoms with van der Waals surface area (Å²) in [6, 6.07) is 6.12. The second-order valence-electron chi connectivity index (χ2n) is 5.70. The number of unbranched alkanes of at least 4 members (excludes halogenated alkanes) is 2. The second kappa shape index (κ2) is 8.25. The van der Waals surface area contributed by atoms with E-state index in [2.05, 4.69) is 17.1 Å². The Labute approximate surface area is 128 Å². The minimum Gasteiger partial charge on any atom is -0.504 e. The van der Waals surface area contributed by atoms with Gasteiger partial charge in [-0.2, -0.15) is 0 Å². The number of rotatable bonds is 7. The lowest BCUT2D eigenvalue weighted by Gasteiger charge is -2.35. The number of phenols is 1. The van der Waals surface area contributed by atoms with Crippen LogP contribution in [0.4, 0.5) is 0 Å². The van der Waals surface area contributed by atoms with Gasteiger partial charge in [-0.1, -0.05) is 38.3 Å². The van der Waals surface area contributed by atoms with E-state index in [-0.39, 0.29) is 6.04 Å². The lowest BCUT2D eigenvalue weighted by atomic mass is 9.97. The second-order valence-corrected chi connectivity index (χ2v) is 5.70. The van der Waals surface area contributed by atoms with Crippen molar-refractivity contribution in [3.05, 3.63) is 23.8 Å². The van der Waals surface area contributed by atoms with Gasteiger partial charge in [0.05, 0.1) is 7.11 Å². The molecule has 1 aromatic carbocycles. The van der Waals surface area contributed by atoms with E-state index in [9.17, 15) is 5.11 Å². The van der Waals surface area contributed by atoms with Crippen LogP contribution in [0, 0.1) is 0 Å². The van der Waals surface area contributed by atoms with E-state index < -0.39 is 0 Å². The summed E-state index contributed by atoms with van der Waals surface area (Å²) in [6.45, 7) is 6.34. The number of methoxy groups -OCH3 is 1. The molecule has 2 N–H and O–H groups in total. The zero-order valence-electron chi connectivity index (χ0n) is 13.3. The van der Waals surface area contributed by atoms with Gasteiger partial charge in [0.25, 0.3) is 0 Å². The van der Waals surface area contributed by atoms with Crippen molar-refractivity contribution < 1.29 is 9.84 Å². The highest BCUT2D eigenvalue weighted by Crippen LogP contribution is 2.38. The Hall–Kier alpha value is -1.26. The van der Waals surface area contributed by atoms with Crippen molar-refractivity contribution >= 4 is 0 Å². The molecule has 1 fully saturated rings. The normalized spacial score (nSPS) is 17.6. The van der Waals surface area contributed by atoms with Crippen LogP contribution in [0.3, 0.4) is 0 Å². The molecule has 0 amide bonds. The summed E-state index contributed by atoms with van der Waals surface area (Å²) in [5.41, 5.74) is 1.01. The first-order chi connectivity index (χ1) is 10.3. The van der Waals surface area contributed by atoms with Crippen molar-refractivity contribution in [3.63, 3.8) is 0 Å². The van der Waals surface area contributed by atoms with E-state index >= 15 is 0 Å². The molecule has 0 unspecified atom stereocenters. The lowest BCUT2D eigenvalue weighted by Crippen LogP contribution is -2.45. The zero-order chi connectivity index (χ0) is 15.1. The van der Waals surface area contributed by atoms with Gasteiger partial charge in [0.15, 0.2) is 11.5 Å². The van der Waals surface area contributed by atoms with Gasteiger partial charge in [0, 0.05) is 37.8 Å². The van der Waals surface area contributed by atoms with Gasteiger partial charge in [-0.3, -0.25) is 4.90 Å². The molecule has 4 nitrogen and oxygen atoms in total. The molecule has 1 heterocycles. The number of nitrogens with zero attached hydrogens (tertiary/aromatic N) is 1. The molecule has 1 aliphatic rings. The zero-order valence-corrected chi connectivity index (χ0v) is 13.3. The molecule has 0 bridgehead atoms. The van der Waals surface area contributed by atoms with E-state index in [0.29, 0.717) is 11.5 Å². The fourth-order valence-electron chi connectivity index (χ4n) is 3.09. The molecule has 1 saturated heterocycles. The molecule has 0 radical (unpaired) electrons. The van der Waals surface area contributed by atoms with Crippen molar-refractivity contribution in [2.75, 3.05) is 33.3 Å². The lowest BCUT2D eigenvalue weighted by molar-refractivity contribution is 0.159. The van der Waals surface area contributed by atoms with E-state index in [1.54, 1.807) is 7.11 Å². The highest BCUT2D eigenvalue weighted by molar-refractivity contribution is 5.46. The molecular weight excluding hydrogens is 264 g/mol. The molecule has 1 aliphatic heterocycles. The van der Waals surface area contributed by atoms with E-state index in [4.69, 9.17) is 4.74 Å². The van der Waals surface area contributed by atoms with Crippen molar-refractivity contribution in [2.24, 2.45) is 0 Å². The molecular formula is C17H28N2O2. The Bertz CT molecular complexity index is 431. The molecule has 0 aliphatic carbocycles. The van der Waals surface area contributed by atoms with Crippen LogP contribution in [0.5, 0.6) is 11.5 Å². The number of aromatic hydroxyl groups is 1. The summed E-state index contributed by atoms with van der Waals surface area (Å²) in [5.74, 6) is 0.878. The third-order valence-corrected chi connectivity index (χ3v) is 4.28. The molecule has 4 heteroatoms. The third-order valence-electron chi connectivity index (χ3n) is 4.28. The van der Waals surface area contributed by atoms with Gasteiger partial charge in [0.2, 0.25) is 0 Å². The Morgan fingerprint density at radius 2 is 2.05 bits per heavy atom. The fourth-order valence-corrected chi connectivity index (χ4v) is 3.09. The number of hydrogen-bond acceptors (Lipinski definition) is 4. The molecule has 21 heavy (non-hydrogen) atoms. The molecule has 1 atom stereocenters. The topological polar surface area (TPSA) is 44.7 Å². The maximum absolute atomic E-state index is 10.5. The quantitative estimate of drug-likeness (QED) is 0.759. The van der Waals surface area contributed by atoms with Crippen LogP contribution in [0.15, 0.2) is 18.2 Å². The predicted octanol–water partition coefficient (Wildman–Crippen LogP) is 2.93. The van der Waals surface area contributed by atoms with Gasteiger partial charge in [-0.05, 0) is 12.5 Å². The molecule has 118 valence electrons. The summed E-state index contributed by atoms with van der Waals surface area (Å²) in [7, 11) is 1.61. The van der Waals surface area contributed by atoms with Crippen molar-refractivity contribution in [1.29, 1.82) is 0 Å². The molecule has 1 aromatic rings. The number of hydrogen-bond donors (Lipinski definition) is 2. The van der Waals surface area contributed by atoms with Gasteiger partial charge in [-0.15, -0.1) is 0 Å². The van der Waals surface area contributed by atoms with Crippen LogP contribution in [0.25, 0.3) is 0 Å². The SMILES string of the molecule is CCCCC[C@@H](c1cccc(OC)c1O)N1CCNCC1. The Kier molecular flexibility index (Phi) is 6.33. The summed E-state index contributed by atoms with van der Waals surface area (Å²) < 4.78 is 5.27. The van der Waals surface area contributed by atoms with Crippen LogP contribution in [0.1, 0.15) is 44.2 Å². The number of para-hydroxylation sites is 1. The van der Waals surface area contributed by atoms with E-state index in [1.807, 2.05) is 18.2 Å². The predicted molar refractivity (Wildman–Crippen MR) is 86.0 cm³/mol. The summed E-state index contributed by atoms with van der Waals surface area (Å²) in [6.07, 6.45) is 4.75. The first-order valence-electron chi connectivity index (χ1n) is 8.08. The maximum atomic E-state index is 10.5. The smallest absolute Gasteiger partial charge is 0.162 e. The summed E-state index contributed by atoms with van der Waals surface area (Å²) in [5, 5.41) is 13.9. The summed E-state index contributed by atoms with van der Waals surface area (Å²) >= 11 is 0. The number of phenolic OH excluding ortho intramolecular Hbond substituents is 1. The van der Waals surface area contributed by atoms with Gasteiger partial charge >= 0.3 is 0 Å². The Morgan fingerprint density at radius 1 is 1.29 bits per heavy atom. The molecule has 0 spiro atoms. The van der Waals surface area contributed by atoms with E-state index in [0.717, 1.165) is 38.2 Å². The fraction of sp³-hybridized carbons (Fsp3) is 0.647. The number of benzene rings is 1. The maximum Gasteiger partial charge on any atom is 0.162 e. The van der Waals surface area contributed by atoms with E-state index in [1.165, 1.54) is 19.3 Å². The molecule has 2 rings (SSSR count). The van der Waals surface area contributed by atoms with Gasteiger partial charge in [0.1, 0.15) is 0 Å². The summed E-state index contributed by atoms with van der Waals surface area (Å²) in [4.78, 5) is 2.49. The Morgan fingerprint density at radius 3 is 2.71 bits per heavy atom. The van der Waals surface area contributed by atoms with Gasteiger partial charge in [-0.25, -0.2) is 0 Å². The van der Waals surface area contributed by atoms with Crippen LogP contribution in [-0.4, -0.2) is 43.3 Å². The average molecular weight is 292 g/mol. The standard InChI is InChI=1S/C17H28N2O2/c1-3-4-5-8-15(19-12-10-18-11-13-19)14-7-6-9-16(21-2)17(14)20/h6-7,9,15,18,20H,3-5,8,10-13H2,1-2H3/t15-/m0/s1.